The third-order valence-corrected chi connectivity index (χ3v) is 4.20. The van der Waals surface area contributed by atoms with Crippen LogP contribution in [0, 0.1) is 17.4 Å². The molecule has 0 saturated carbocycles. The lowest BCUT2D eigenvalue weighted by atomic mass is 10.0. The topological polar surface area (TPSA) is 72.2 Å². The van der Waals surface area contributed by atoms with Crippen LogP contribution < -0.4 is 11.1 Å². The van der Waals surface area contributed by atoms with E-state index in [1.165, 1.54) is 0 Å². The molecule has 0 spiro atoms. The maximum atomic E-state index is 12.4. The van der Waals surface area contributed by atoms with Gasteiger partial charge in [-0.2, -0.15) is 0 Å². The van der Waals surface area contributed by atoms with Gasteiger partial charge < -0.3 is 11.1 Å². The molecular formula is C18H19IN2O2. The van der Waals surface area contributed by atoms with Crippen molar-refractivity contribution in [2.24, 2.45) is 5.73 Å². The summed E-state index contributed by atoms with van der Waals surface area (Å²) in [5, 5.41) is 2.73. The summed E-state index contributed by atoms with van der Waals surface area (Å²) in [4.78, 5) is 24.1. The first-order chi connectivity index (χ1) is 10.8. The molecule has 0 aliphatic heterocycles. The van der Waals surface area contributed by atoms with Crippen LogP contribution in [-0.4, -0.2) is 17.9 Å². The van der Waals surface area contributed by atoms with Crippen LogP contribution >= 0.6 is 22.6 Å². The molecule has 0 aromatic heterocycles. The molecule has 23 heavy (non-hydrogen) atoms. The summed E-state index contributed by atoms with van der Waals surface area (Å²) in [6.07, 6.45) is 0.378. The highest BCUT2D eigenvalue weighted by molar-refractivity contribution is 14.1. The predicted molar refractivity (Wildman–Crippen MR) is 99.2 cm³/mol. The highest BCUT2D eigenvalue weighted by atomic mass is 127. The Kier molecular flexibility index (Phi) is 5.76. The number of carbonyl (C=O) groups is 2. The number of primary amides is 1. The summed E-state index contributed by atoms with van der Waals surface area (Å²) in [7, 11) is 0. The molecule has 0 saturated heterocycles. The minimum absolute atomic E-state index is 0.286. The third-order valence-electron chi connectivity index (χ3n) is 3.49. The minimum atomic E-state index is -0.733. The molecule has 0 unspecified atom stereocenters. The average molecular weight is 422 g/mol. The van der Waals surface area contributed by atoms with E-state index in [1.807, 2.05) is 44.2 Å². The van der Waals surface area contributed by atoms with Gasteiger partial charge in [-0.3, -0.25) is 9.59 Å². The molecule has 4 nitrogen and oxygen atoms in total. The van der Waals surface area contributed by atoms with Gasteiger partial charge in [-0.05, 0) is 66.3 Å². The molecular weight excluding hydrogens is 403 g/mol. The summed E-state index contributed by atoms with van der Waals surface area (Å²) in [5.74, 6) is -0.826. The Balaban J connectivity index is 2.14. The number of hydrogen-bond acceptors (Lipinski definition) is 2. The Morgan fingerprint density at radius 3 is 2.17 bits per heavy atom. The molecule has 3 N–H and O–H groups in total. The van der Waals surface area contributed by atoms with Crippen LogP contribution in [0.15, 0.2) is 42.5 Å². The number of nitrogens with one attached hydrogen (secondary N) is 1. The minimum Gasteiger partial charge on any atom is -0.368 e. The van der Waals surface area contributed by atoms with E-state index in [0.29, 0.717) is 12.0 Å². The van der Waals surface area contributed by atoms with Gasteiger partial charge in [0.15, 0.2) is 0 Å². The van der Waals surface area contributed by atoms with E-state index in [0.717, 1.165) is 20.3 Å². The second-order valence-electron chi connectivity index (χ2n) is 5.64. The lowest BCUT2D eigenvalue weighted by Gasteiger charge is -2.16. The SMILES string of the molecule is Cc1cc(C)cc(C(=O)N[C@@H](Cc2ccc(I)cc2)C(N)=O)c1. The van der Waals surface area contributed by atoms with Gasteiger partial charge in [-0.1, -0.05) is 29.3 Å². The number of carbonyl (C=O) groups excluding carboxylic acids is 2. The molecule has 0 bridgehead atoms. The van der Waals surface area contributed by atoms with E-state index in [4.69, 9.17) is 5.73 Å². The Morgan fingerprint density at radius 2 is 1.65 bits per heavy atom. The molecule has 0 aliphatic carbocycles. The van der Waals surface area contributed by atoms with E-state index in [1.54, 1.807) is 12.1 Å². The maximum Gasteiger partial charge on any atom is 0.251 e. The van der Waals surface area contributed by atoms with Gasteiger partial charge in [0, 0.05) is 15.6 Å². The first kappa shape index (κ1) is 17.5. The van der Waals surface area contributed by atoms with Crippen molar-refractivity contribution < 1.29 is 9.59 Å². The first-order valence-corrected chi connectivity index (χ1v) is 8.36. The van der Waals surface area contributed by atoms with Crippen molar-refractivity contribution in [3.8, 4) is 0 Å². The van der Waals surface area contributed by atoms with Crippen molar-refractivity contribution in [1.82, 2.24) is 5.32 Å². The number of nitrogens with two attached hydrogens (primary N) is 1. The first-order valence-electron chi connectivity index (χ1n) is 7.28. The monoisotopic (exact) mass is 422 g/mol. The molecule has 2 aromatic rings. The molecule has 0 radical (unpaired) electrons. The predicted octanol–water partition coefficient (Wildman–Crippen LogP) is 2.73. The van der Waals surface area contributed by atoms with E-state index in [9.17, 15) is 9.59 Å². The van der Waals surface area contributed by atoms with Crippen molar-refractivity contribution >= 4 is 34.4 Å². The second kappa shape index (κ2) is 7.59. The average Bonchev–Trinajstić information content (AvgIpc) is 2.47. The summed E-state index contributed by atoms with van der Waals surface area (Å²) in [6, 6.07) is 12.6. The Morgan fingerprint density at radius 1 is 1.09 bits per heavy atom. The van der Waals surface area contributed by atoms with E-state index in [-0.39, 0.29) is 5.91 Å². The summed E-state index contributed by atoms with van der Waals surface area (Å²) < 4.78 is 1.11. The summed E-state index contributed by atoms with van der Waals surface area (Å²) >= 11 is 2.22. The van der Waals surface area contributed by atoms with Crippen LogP contribution in [0.25, 0.3) is 0 Å². The largest absolute Gasteiger partial charge is 0.368 e. The Labute approximate surface area is 149 Å². The normalized spacial score (nSPS) is 11.8. The van der Waals surface area contributed by atoms with Crippen LogP contribution in [-0.2, 0) is 11.2 Å². The van der Waals surface area contributed by atoms with Crippen molar-refractivity contribution in [1.29, 1.82) is 0 Å². The zero-order valence-electron chi connectivity index (χ0n) is 13.1. The van der Waals surface area contributed by atoms with Gasteiger partial charge in [-0.25, -0.2) is 0 Å². The van der Waals surface area contributed by atoms with Crippen LogP contribution in [0.1, 0.15) is 27.0 Å². The van der Waals surface area contributed by atoms with Crippen LogP contribution in [0.2, 0.25) is 0 Å². The molecule has 1 atom stereocenters. The highest BCUT2D eigenvalue weighted by Gasteiger charge is 2.19. The van der Waals surface area contributed by atoms with E-state index >= 15 is 0 Å². The van der Waals surface area contributed by atoms with Crippen molar-refractivity contribution in [3.05, 3.63) is 68.3 Å². The zero-order chi connectivity index (χ0) is 17.0. The quantitative estimate of drug-likeness (QED) is 0.728. The molecule has 120 valence electrons. The molecule has 2 rings (SSSR count). The Bertz CT molecular complexity index is 706. The maximum absolute atomic E-state index is 12.4. The van der Waals surface area contributed by atoms with Gasteiger partial charge in [0.05, 0.1) is 0 Å². The Hall–Kier alpha value is -1.89. The fraction of sp³-hybridized carbons (Fsp3) is 0.222. The number of rotatable bonds is 5. The lowest BCUT2D eigenvalue weighted by molar-refractivity contribution is -0.119. The lowest BCUT2D eigenvalue weighted by Crippen LogP contribution is -2.45. The molecule has 5 heteroatoms. The number of amides is 2. The molecule has 2 amide bonds. The highest BCUT2D eigenvalue weighted by Crippen LogP contribution is 2.11. The van der Waals surface area contributed by atoms with Crippen LogP contribution in [0.4, 0.5) is 0 Å². The van der Waals surface area contributed by atoms with Crippen molar-refractivity contribution in [3.63, 3.8) is 0 Å². The van der Waals surface area contributed by atoms with Gasteiger partial charge in [0.2, 0.25) is 5.91 Å². The second-order valence-corrected chi connectivity index (χ2v) is 6.88. The van der Waals surface area contributed by atoms with Gasteiger partial charge in [-0.15, -0.1) is 0 Å². The van der Waals surface area contributed by atoms with E-state index in [2.05, 4.69) is 27.9 Å². The third kappa shape index (κ3) is 5.06. The fourth-order valence-corrected chi connectivity index (χ4v) is 2.79. The molecule has 2 aromatic carbocycles. The van der Waals surface area contributed by atoms with Gasteiger partial charge in [0.1, 0.15) is 6.04 Å². The standard InChI is InChI=1S/C18H19IN2O2/c1-11-7-12(2)9-14(8-11)18(23)21-16(17(20)22)10-13-3-5-15(19)6-4-13/h3-9,16H,10H2,1-2H3,(H2,20,22)(H,21,23)/t16-/m0/s1. The molecule has 0 aliphatic rings. The smallest absolute Gasteiger partial charge is 0.251 e. The molecule has 0 fully saturated rings. The number of benzene rings is 2. The number of aryl methyl sites for hydroxylation is 2. The summed E-state index contributed by atoms with van der Waals surface area (Å²) in [5.41, 5.74) is 8.94. The van der Waals surface area contributed by atoms with Gasteiger partial charge in [0.25, 0.3) is 5.91 Å². The van der Waals surface area contributed by atoms with Crippen LogP contribution in [0.5, 0.6) is 0 Å². The fourth-order valence-electron chi connectivity index (χ4n) is 2.43. The molecule has 0 heterocycles. The zero-order valence-corrected chi connectivity index (χ0v) is 15.3. The van der Waals surface area contributed by atoms with Crippen molar-refractivity contribution in [2.75, 3.05) is 0 Å². The van der Waals surface area contributed by atoms with Crippen molar-refractivity contribution in [2.45, 2.75) is 26.3 Å². The van der Waals surface area contributed by atoms with E-state index < -0.39 is 11.9 Å². The number of halogens is 1. The van der Waals surface area contributed by atoms with Gasteiger partial charge >= 0.3 is 0 Å². The van der Waals surface area contributed by atoms with Crippen LogP contribution in [0.3, 0.4) is 0 Å². The number of hydrogen-bond donors (Lipinski definition) is 2. The summed E-state index contributed by atoms with van der Waals surface area (Å²) in [6.45, 7) is 3.86.